The first-order valence-corrected chi connectivity index (χ1v) is 10.6. The molecule has 7 nitrogen and oxygen atoms in total. The summed E-state index contributed by atoms with van der Waals surface area (Å²) >= 11 is 0. The molecule has 2 aromatic carbocycles. The van der Waals surface area contributed by atoms with Gasteiger partial charge in [-0.15, -0.1) is 0 Å². The summed E-state index contributed by atoms with van der Waals surface area (Å²) in [4.78, 5) is 14.9. The molecule has 4 rings (SSSR count). The largest absolute Gasteiger partial charge is 0.481 e. The number of aliphatic carboxylic acids is 1. The zero-order chi connectivity index (χ0) is 23.2. The number of rotatable bonds is 7. The first kappa shape index (κ1) is 22.1. The van der Waals surface area contributed by atoms with Crippen molar-refractivity contribution in [3.8, 4) is 23.2 Å². The van der Waals surface area contributed by atoms with Gasteiger partial charge in [0.15, 0.2) is 5.76 Å². The van der Waals surface area contributed by atoms with Gasteiger partial charge in [0.25, 0.3) is 0 Å². The van der Waals surface area contributed by atoms with E-state index in [-0.39, 0.29) is 6.42 Å². The van der Waals surface area contributed by atoms with E-state index in [4.69, 9.17) is 9.63 Å². The van der Waals surface area contributed by atoms with E-state index in [9.17, 15) is 9.90 Å². The molecule has 0 saturated heterocycles. The summed E-state index contributed by atoms with van der Waals surface area (Å²) in [7, 11) is 0. The van der Waals surface area contributed by atoms with Crippen LogP contribution < -0.4 is 0 Å². The second-order valence-corrected chi connectivity index (χ2v) is 7.69. The number of carboxylic acids is 1. The van der Waals surface area contributed by atoms with E-state index in [1.54, 1.807) is 19.3 Å². The van der Waals surface area contributed by atoms with Gasteiger partial charge >= 0.3 is 5.97 Å². The number of aryl methyl sites for hydroxylation is 1. The average Bonchev–Trinajstić information content (AvgIpc) is 3.47. The third kappa shape index (κ3) is 5.76. The highest BCUT2D eigenvalue weighted by Crippen LogP contribution is 2.22. The maximum Gasteiger partial charge on any atom is 0.303 e. The Morgan fingerprint density at radius 1 is 1.12 bits per heavy atom. The third-order valence-corrected chi connectivity index (χ3v) is 5.09. The van der Waals surface area contributed by atoms with E-state index in [1.165, 1.54) is 0 Å². The normalized spacial score (nSPS) is 11.6. The third-order valence-electron chi connectivity index (χ3n) is 5.09. The van der Waals surface area contributed by atoms with Gasteiger partial charge in [0.2, 0.25) is 0 Å². The van der Waals surface area contributed by atoms with Crippen molar-refractivity contribution in [2.45, 2.75) is 32.4 Å². The summed E-state index contributed by atoms with van der Waals surface area (Å²) in [6.07, 6.45) is 3.37. The quantitative estimate of drug-likeness (QED) is 0.420. The van der Waals surface area contributed by atoms with Gasteiger partial charge in [-0.25, -0.2) is 4.98 Å². The summed E-state index contributed by atoms with van der Waals surface area (Å²) in [6.45, 7) is 2.13. The highest BCUT2D eigenvalue weighted by Gasteiger charge is 2.12. The van der Waals surface area contributed by atoms with Crippen LogP contribution in [0.3, 0.4) is 0 Å². The van der Waals surface area contributed by atoms with Gasteiger partial charge in [-0.3, -0.25) is 4.79 Å². The lowest BCUT2D eigenvalue weighted by Gasteiger charge is -2.07. The predicted molar refractivity (Wildman–Crippen MR) is 122 cm³/mol. The minimum atomic E-state index is -0.809. The molecule has 7 heteroatoms. The van der Waals surface area contributed by atoms with Gasteiger partial charge in [0.05, 0.1) is 6.54 Å². The molecule has 2 heterocycles. The Bertz CT molecular complexity index is 1310. The van der Waals surface area contributed by atoms with E-state index in [0.717, 1.165) is 27.9 Å². The van der Waals surface area contributed by atoms with Gasteiger partial charge in [-0.05, 0) is 55.3 Å². The van der Waals surface area contributed by atoms with Crippen molar-refractivity contribution in [2.75, 3.05) is 0 Å². The number of aliphatic hydroxyl groups excluding tert-OH is 1. The van der Waals surface area contributed by atoms with E-state index < -0.39 is 12.1 Å². The van der Waals surface area contributed by atoms with Crippen LogP contribution in [0.5, 0.6) is 0 Å². The van der Waals surface area contributed by atoms with Gasteiger partial charge in [-0.1, -0.05) is 29.1 Å². The number of benzene rings is 2. The second-order valence-electron chi connectivity index (χ2n) is 7.69. The summed E-state index contributed by atoms with van der Waals surface area (Å²) < 4.78 is 7.33. The number of hydrogen-bond acceptors (Lipinski definition) is 5. The van der Waals surface area contributed by atoms with Crippen LogP contribution in [-0.4, -0.2) is 30.9 Å². The molecule has 33 heavy (non-hydrogen) atoms. The van der Waals surface area contributed by atoms with Crippen LogP contribution in [0.2, 0.25) is 0 Å². The number of carbonyl (C=O) groups is 1. The summed E-state index contributed by atoms with van der Waals surface area (Å²) in [5, 5.41) is 22.8. The van der Waals surface area contributed by atoms with Crippen molar-refractivity contribution in [1.29, 1.82) is 0 Å². The molecule has 0 unspecified atom stereocenters. The molecule has 0 aliphatic carbocycles. The Balaban J connectivity index is 1.43. The monoisotopic (exact) mass is 441 g/mol. The van der Waals surface area contributed by atoms with E-state index in [2.05, 4.69) is 22.0 Å². The molecule has 0 spiro atoms. The van der Waals surface area contributed by atoms with Crippen LogP contribution in [0.1, 0.15) is 47.7 Å². The fourth-order valence-corrected chi connectivity index (χ4v) is 3.44. The van der Waals surface area contributed by atoms with Crippen molar-refractivity contribution < 1.29 is 19.5 Å². The molecule has 2 aromatic heterocycles. The molecule has 1 atom stereocenters. The van der Waals surface area contributed by atoms with E-state index in [1.807, 2.05) is 59.2 Å². The van der Waals surface area contributed by atoms with Crippen molar-refractivity contribution in [3.05, 3.63) is 95.2 Å². The fraction of sp³-hybridized carbons (Fsp3) is 0.192. The first-order valence-electron chi connectivity index (χ1n) is 10.6. The Hall–Kier alpha value is -4.15. The Labute approximate surface area is 191 Å². The van der Waals surface area contributed by atoms with Crippen LogP contribution in [0.25, 0.3) is 11.3 Å². The van der Waals surface area contributed by atoms with E-state index in [0.29, 0.717) is 24.6 Å². The number of nitrogens with zero attached hydrogens (tertiary/aromatic N) is 3. The standard InChI is InChI=1S/C26H23N3O4/c1-18(30)26-27-13-14-29(26)17-23-16-24(33-28-23)22-10-7-19(8-11-22)5-6-20-3-2-4-21(15-20)9-12-25(31)32/h2-4,7-8,10-11,13-16,18,30H,9,12,17H2,1H3,(H,31,32)/t18-/m0/s1. The number of aliphatic hydroxyl groups is 1. The molecular formula is C26H23N3O4. The van der Waals surface area contributed by atoms with Crippen LogP contribution >= 0.6 is 0 Å². The zero-order valence-electron chi connectivity index (χ0n) is 18.1. The van der Waals surface area contributed by atoms with Gasteiger partial charge in [0.1, 0.15) is 17.6 Å². The maximum atomic E-state index is 10.8. The number of hydrogen-bond donors (Lipinski definition) is 2. The topological polar surface area (TPSA) is 101 Å². The van der Waals surface area contributed by atoms with Crippen molar-refractivity contribution in [3.63, 3.8) is 0 Å². The number of aromatic nitrogens is 3. The second kappa shape index (κ2) is 9.98. The molecule has 0 bridgehead atoms. The van der Waals surface area contributed by atoms with Crippen molar-refractivity contribution in [1.82, 2.24) is 14.7 Å². The highest BCUT2D eigenvalue weighted by atomic mass is 16.5. The molecule has 0 fully saturated rings. The smallest absolute Gasteiger partial charge is 0.303 e. The zero-order valence-corrected chi connectivity index (χ0v) is 18.1. The molecule has 0 amide bonds. The molecule has 0 radical (unpaired) electrons. The number of imidazole rings is 1. The summed E-state index contributed by atoms with van der Waals surface area (Å²) in [5.74, 6) is 6.68. The van der Waals surface area contributed by atoms with Gasteiger partial charge in [-0.2, -0.15) is 0 Å². The minimum absolute atomic E-state index is 0.103. The summed E-state index contributed by atoms with van der Waals surface area (Å²) in [6, 6.07) is 17.2. The van der Waals surface area contributed by atoms with Gasteiger partial charge < -0.3 is 19.3 Å². The lowest BCUT2D eigenvalue weighted by Crippen LogP contribution is -2.07. The molecule has 166 valence electrons. The van der Waals surface area contributed by atoms with Crippen LogP contribution in [0.15, 0.2) is 71.5 Å². The van der Waals surface area contributed by atoms with Crippen molar-refractivity contribution in [2.24, 2.45) is 0 Å². The Kier molecular flexibility index (Phi) is 6.67. The minimum Gasteiger partial charge on any atom is -0.481 e. The molecule has 4 aromatic rings. The fourth-order valence-electron chi connectivity index (χ4n) is 3.44. The molecule has 0 aliphatic heterocycles. The lowest BCUT2D eigenvalue weighted by atomic mass is 10.1. The van der Waals surface area contributed by atoms with Crippen molar-refractivity contribution >= 4 is 5.97 Å². The molecule has 0 saturated carbocycles. The SMILES string of the molecule is C[C@H](O)c1nccn1Cc1cc(-c2ccc(C#Cc3cccc(CCC(=O)O)c3)cc2)on1. The predicted octanol–water partition coefficient (Wildman–Crippen LogP) is 4.06. The highest BCUT2D eigenvalue weighted by molar-refractivity contribution is 5.67. The number of carboxylic acid groups (broad SMARTS) is 1. The lowest BCUT2D eigenvalue weighted by molar-refractivity contribution is -0.136. The Morgan fingerprint density at radius 3 is 2.67 bits per heavy atom. The van der Waals surface area contributed by atoms with Crippen LogP contribution in [0.4, 0.5) is 0 Å². The van der Waals surface area contributed by atoms with Crippen LogP contribution in [0, 0.1) is 11.8 Å². The van der Waals surface area contributed by atoms with Gasteiger partial charge in [0, 0.05) is 41.6 Å². The average molecular weight is 441 g/mol. The summed E-state index contributed by atoms with van der Waals surface area (Å²) in [5.41, 5.74) is 4.28. The Morgan fingerprint density at radius 2 is 1.91 bits per heavy atom. The molecule has 0 aliphatic rings. The van der Waals surface area contributed by atoms with E-state index >= 15 is 0 Å². The van der Waals surface area contributed by atoms with Crippen LogP contribution in [-0.2, 0) is 17.8 Å². The molecule has 2 N–H and O–H groups in total. The molecular weight excluding hydrogens is 418 g/mol. The maximum absolute atomic E-state index is 10.8. The first-order chi connectivity index (χ1) is 16.0.